The highest BCUT2D eigenvalue weighted by molar-refractivity contribution is 7.89. The lowest BCUT2D eigenvalue weighted by Gasteiger charge is -2.22. The van der Waals surface area contributed by atoms with E-state index in [2.05, 4.69) is 10.3 Å². The van der Waals surface area contributed by atoms with E-state index >= 15 is 0 Å². The van der Waals surface area contributed by atoms with Gasteiger partial charge in [0.15, 0.2) is 5.13 Å². The lowest BCUT2D eigenvalue weighted by atomic mass is 10.2. The number of thiazole rings is 1. The molecule has 0 saturated carbocycles. The maximum atomic E-state index is 12.7. The van der Waals surface area contributed by atoms with E-state index in [-0.39, 0.29) is 11.7 Å². The Hall–Kier alpha value is -0.990. The number of fused-ring (bicyclic) bond motifs is 1. The van der Waals surface area contributed by atoms with Gasteiger partial charge >= 0.3 is 0 Å². The molecule has 25 heavy (non-hydrogen) atoms. The number of amides is 1. The molecule has 1 aromatic heterocycles. The minimum atomic E-state index is -3.36. The number of hydrogen-bond donors (Lipinski definition) is 1. The largest absolute Gasteiger partial charge is 0.301 e. The smallest absolute Gasteiger partial charge is 0.244 e. The third-order valence-corrected chi connectivity index (χ3v) is 7.97. The number of nitrogens with one attached hydrogen (secondary N) is 1. The molecule has 8 heteroatoms. The Morgan fingerprint density at radius 2 is 2.08 bits per heavy atom. The van der Waals surface area contributed by atoms with E-state index in [0.29, 0.717) is 24.5 Å². The maximum Gasteiger partial charge on any atom is 0.244 e. The first-order valence-corrected chi connectivity index (χ1v) is 11.7. The first-order valence-electron chi connectivity index (χ1n) is 9.30. The van der Waals surface area contributed by atoms with Crippen LogP contribution in [0.15, 0.2) is 0 Å². The van der Waals surface area contributed by atoms with Gasteiger partial charge < -0.3 is 5.32 Å². The highest BCUT2D eigenvalue weighted by Crippen LogP contribution is 2.30. The molecule has 6 nitrogen and oxygen atoms in total. The Morgan fingerprint density at radius 3 is 2.88 bits per heavy atom. The van der Waals surface area contributed by atoms with Gasteiger partial charge in [-0.05, 0) is 44.9 Å². The quantitative estimate of drug-likeness (QED) is 0.764. The number of nitrogens with zero attached hydrogens (tertiary/aromatic N) is 2. The fourth-order valence-corrected chi connectivity index (χ4v) is 6.49. The zero-order valence-electron chi connectivity index (χ0n) is 14.8. The molecule has 1 aliphatic carbocycles. The first kappa shape index (κ1) is 18.8. The Balaban J connectivity index is 1.68. The minimum absolute atomic E-state index is 0.124. The monoisotopic (exact) mass is 385 g/mol. The molecule has 1 unspecified atom stereocenters. The van der Waals surface area contributed by atoms with Crippen LogP contribution in [0, 0.1) is 0 Å². The van der Waals surface area contributed by atoms with Crippen LogP contribution >= 0.6 is 11.3 Å². The van der Waals surface area contributed by atoms with Gasteiger partial charge in [-0.25, -0.2) is 13.4 Å². The van der Waals surface area contributed by atoms with Gasteiger partial charge in [0.2, 0.25) is 15.9 Å². The summed E-state index contributed by atoms with van der Waals surface area (Å²) < 4.78 is 26.4. The summed E-state index contributed by atoms with van der Waals surface area (Å²) in [7, 11) is -3.36. The minimum Gasteiger partial charge on any atom is -0.301 e. The van der Waals surface area contributed by atoms with Gasteiger partial charge in [0.1, 0.15) is 6.04 Å². The van der Waals surface area contributed by atoms with Crippen molar-refractivity contribution in [2.45, 2.75) is 70.8 Å². The number of carbonyl (C=O) groups is 1. The van der Waals surface area contributed by atoms with Crippen molar-refractivity contribution < 1.29 is 13.2 Å². The van der Waals surface area contributed by atoms with Crippen LogP contribution in [0.4, 0.5) is 5.13 Å². The zero-order valence-corrected chi connectivity index (χ0v) is 16.4. The number of aryl methyl sites for hydroxylation is 2. The van der Waals surface area contributed by atoms with Crippen LogP contribution in [0.5, 0.6) is 0 Å². The average molecular weight is 386 g/mol. The van der Waals surface area contributed by atoms with Crippen molar-refractivity contribution >= 4 is 32.4 Å². The molecule has 2 heterocycles. The highest BCUT2D eigenvalue weighted by Gasteiger charge is 2.38. The van der Waals surface area contributed by atoms with Crippen molar-refractivity contribution in [2.24, 2.45) is 0 Å². The predicted molar refractivity (Wildman–Crippen MR) is 100 cm³/mol. The van der Waals surface area contributed by atoms with E-state index in [9.17, 15) is 13.2 Å². The summed E-state index contributed by atoms with van der Waals surface area (Å²) >= 11 is 1.55. The molecule has 3 rings (SSSR count). The van der Waals surface area contributed by atoms with Gasteiger partial charge in [0, 0.05) is 11.4 Å². The predicted octanol–water partition coefficient (Wildman–Crippen LogP) is 2.94. The van der Waals surface area contributed by atoms with Crippen molar-refractivity contribution in [3.05, 3.63) is 10.6 Å². The van der Waals surface area contributed by atoms with Crippen LogP contribution in [-0.4, -0.2) is 42.0 Å². The molecule has 0 bridgehead atoms. The van der Waals surface area contributed by atoms with Crippen molar-refractivity contribution in [3.63, 3.8) is 0 Å². The van der Waals surface area contributed by atoms with Crippen LogP contribution < -0.4 is 5.32 Å². The molecule has 1 N–H and O–H groups in total. The van der Waals surface area contributed by atoms with Gasteiger partial charge in [0.05, 0.1) is 11.4 Å². The molecular formula is C17H27N3O3S2. The van der Waals surface area contributed by atoms with Crippen molar-refractivity contribution in [3.8, 4) is 0 Å². The molecular weight excluding hydrogens is 358 g/mol. The van der Waals surface area contributed by atoms with Gasteiger partial charge in [0.25, 0.3) is 0 Å². The van der Waals surface area contributed by atoms with Crippen molar-refractivity contribution in [1.29, 1.82) is 0 Å². The number of hydrogen-bond acceptors (Lipinski definition) is 5. The Bertz CT molecular complexity index is 691. The molecule has 1 aliphatic heterocycles. The lowest BCUT2D eigenvalue weighted by molar-refractivity contribution is -0.119. The van der Waals surface area contributed by atoms with Crippen LogP contribution in [0.2, 0.25) is 0 Å². The van der Waals surface area contributed by atoms with Gasteiger partial charge in [-0.15, -0.1) is 11.3 Å². The molecule has 140 valence electrons. The average Bonchev–Trinajstić information content (AvgIpc) is 3.16. The highest BCUT2D eigenvalue weighted by atomic mass is 32.2. The van der Waals surface area contributed by atoms with E-state index in [4.69, 9.17) is 0 Å². The van der Waals surface area contributed by atoms with Gasteiger partial charge in [-0.1, -0.05) is 19.8 Å². The molecule has 1 saturated heterocycles. The van der Waals surface area contributed by atoms with Crippen LogP contribution in [-0.2, 0) is 27.7 Å². The molecule has 1 fully saturated rings. The maximum absolute atomic E-state index is 12.7. The second-order valence-corrected chi connectivity index (χ2v) is 10.0. The number of rotatable bonds is 6. The second kappa shape index (κ2) is 8.14. The second-order valence-electron chi connectivity index (χ2n) is 6.88. The standard InChI is InChI=1S/C17H27N3O3S2/c1-2-3-12-25(22,23)20-11-7-9-14(20)16(21)19-17-18-13-8-5-4-6-10-15(13)24-17/h14H,2-12H2,1H3,(H,18,19,21). The molecule has 1 aromatic rings. The van der Waals surface area contributed by atoms with E-state index in [1.54, 1.807) is 11.3 Å². The zero-order chi connectivity index (χ0) is 17.9. The van der Waals surface area contributed by atoms with Crippen molar-refractivity contribution in [2.75, 3.05) is 17.6 Å². The lowest BCUT2D eigenvalue weighted by Crippen LogP contribution is -2.44. The van der Waals surface area contributed by atoms with E-state index < -0.39 is 16.1 Å². The van der Waals surface area contributed by atoms with Gasteiger partial charge in [-0.3, -0.25) is 4.79 Å². The van der Waals surface area contributed by atoms with Gasteiger partial charge in [-0.2, -0.15) is 4.31 Å². The number of carbonyl (C=O) groups excluding carboxylic acids is 1. The summed E-state index contributed by atoms with van der Waals surface area (Å²) in [5.74, 6) is -0.111. The normalized spacial score (nSPS) is 21.7. The van der Waals surface area contributed by atoms with Crippen LogP contribution in [0.1, 0.15) is 62.4 Å². The fourth-order valence-electron chi connectivity index (χ4n) is 3.55. The molecule has 0 radical (unpaired) electrons. The molecule has 0 aromatic carbocycles. The Labute approximate surface area is 154 Å². The third kappa shape index (κ3) is 4.41. The Morgan fingerprint density at radius 1 is 1.28 bits per heavy atom. The Kier molecular flexibility index (Phi) is 6.12. The summed E-state index contributed by atoms with van der Waals surface area (Å²) in [6.45, 7) is 2.41. The molecule has 0 spiro atoms. The SMILES string of the molecule is CCCCS(=O)(=O)N1CCCC1C(=O)Nc1nc2c(s1)CCCCC2. The van der Waals surface area contributed by atoms with E-state index in [0.717, 1.165) is 37.8 Å². The fraction of sp³-hybridized carbons (Fsp3) is 0.765. The topological polar surface area (TPSA) is 79.4 Å². The molecule has 2 aliphatic rings. The third-order valence-electron chi connectivity index (χ3n) is 4.95. The molecule has 1 amide bonds. The van der Waals surface area contributed by atoms with Crippen molar-refractivity contribution in [1.82, 2.24) is 9.29 Å². The van der Waals surface area contributed by atoms with Crippen LogP contribution in [0.3, 0.4) is 0 Å². The van der Waals surface area contributed by atoms with E-state index in [1.165, 1.54) is 22.0 Å². The molecule has 1 atom stereocenters. The van der Waals surface area contributed by atoms with Crippen LogP contribution in [0.25, 0.3) is 0 Å². The number of anilines is 1. The summed E-state index contributed by atoms with van der Waals surface area (Å²) in [5, 5.41) is 3.50. The first-order chi connectivity index (χ1) is 12.0. The number of sulfonamides is 1. The summed E-state index contributed by atoms with van der Waals surface area (Å²) in [4.78, 5) is 18.5. The summed E-state index contributed by atoms with van der Waals surface area (Å²) in [6, 6.07) is -0.592. The summed E-state index contributed by atoms with van der Waals surface area (Å²) in [6.07, 6.45) is 8.34. The number of aromatic nitrogens is 1. The van der Waals surface area contributed by atoms with E-state index in [1.807, 2.05) is 6.92 Å². The summed E-state index contributed by atoms with van der Waals surface area (Å²) in [5.41, 5.74) is 1.11. The number of unbranched alkanes of at least 4 members (excludes halogenated alkanes) is 1.